The number of rotatable bonds is 22. The summed E-state index contributed by atoms with van der Waals surface area (Å²) >= 11 is 1.57. The summed E-state index contributed by atoms with van der Waals surface area (Å²) in [6.45, 7) is 10.0. The van der Waals surface area contributed by atoms with E-state index in [4.69, 9.17) is 4.98 Å². The Hall–Kier alpha value is -5.92. The molecular weight excluding hydrogens is 986 g/mol. The summed E-state index contributed by atoms with van der Waals surface area (Å²) < 4.78 is 46.7. The molecule has 0 unspecified atom stereocenters. The van der Waals surface area contributed by atoms with Gasteiger partial charge in [0.1, 0.15) is 17.9 Å². The van der Waals surface area contributed by atoms with Gasteiger partial charge in [0.25, 0.3) is 5.56 Å². The summed E-state index contributed by atoms with van der Waals surface area (Å²) in [5, 5.41) is 16.5. The van der Waals surface area contributed by atoms with E-state index in [1.807, 2.05) is 85.1 Å². The van der Waals surface area contributed by atoms with Crippen molar-refractivity contribution in [3.05, 3.63) is 93.2 Å². The topological polar surface area (TPSA) is 181 Å². The first-order valence-corrected chi connectivity index (χ1v) is 27.3. The predicted molar refractivity (Wildman–Crippen MR) is 284 cm³/mol. The number of nitrogens with one attached hydrogen (secondary N) is 2. The fourth-order valence-electron chi connectivity index (χ4n) is 10.3. The van der Waals surface area contributed by atoms with Crippen molar-refractivity contribution in [1.29, 1.82) is 0 Å². The van der Waals surface area contributed by atoms with Gasteiger partial charge in [0.2, 0.25) is 23.6 Å². The molecule has 2 fully saturated rings. The van der Waals surface area contributed by atoms with Crippen molar-refractivity contribution >= 4 is 46.0 Å². The van der Waals surface area contributed by atoms with Crippen LogP contribution in [0, 0.1) is 19.3 Å². The van der Waals surface area contributed by atoms with E-state index < -0.39 is 36.6 Å². The van der Waals surface area contributed by atoms with Crippen molar-refractivity contribution in [2.45, 2.75) is 162 Å². The summed E-state index contributed by atoms with van der Waals surface area (Å²) in [6, 6.07) is 13.6. The van der Waals surface area contributed by atoms with Gasteiger partial charge in [-0.1, -0.05) is 89.6 Å². The number of benzene rings is 2. The van der Waals surface area contributed by atoms with Gasteiger partial charge < -0.3 is 34.7 Å². The monoisotopic (exact) mass is 1060 g/mol. The number of carbonyl (C=O) groups is 4. The third-order valence-corrected chi connectivity index (χ3v) is 15.5. The lowest BCUT2D eigenvalue weighted by atomic mass is 9.85. The lowest BCUT2D eigenvalue weighted by molar-refractivity contribution is -0.325. The molecule has 5 aromatic rings. The lowest BCUT2D eigenvalue weighted by Crippen LogP contribution is -2.57. The Morgan fingerprint density at radius 1 is 0.880 bits per heavy atom. The van der Waals surface area contributed by atoms with Crippen LogP contribution >= 0.6 is 11.3 Å². The highest BCUT2D eigenvalue weighted by Gasteiger charge is 2.44. The van der Waals surface area contributed by atoms with E-state index in [2.05, 4.69) is 20.4 Å². The van der Waals surface area contributed by atoms with Crippen molar-refractivity contribution in [3.63, 3.8) is 0 Å². The Labute approximate surface area is 441 Å². The Bertz CT molecular complexity index is 2800. The molecule has 0 bridgehead atoms. The Balaban J connectivity index is 0.790. The van der Waals surface area contributed by atoms with Crippen LogP contribution in [0.3, 0.4) is 0 Å². The lowest BCUT2D eigenvalue weighted by Gasteiger charge is -2.35. The molecule has 19 heteroatoms. The minimum atomic E-state index is -4.76. The Kier molecular flexibility index (Phi) is 19.1. The van der Waals surface area contributed by atoms with Crippen LogP contribution in [0.5, 0.6) is 0 Å². The van der Waals surface area contributed by atoms with Gasteiger partial charge in [-0.3, -0.25) is 28.7 Å². The third-order valence-electron chi connectivity index (χ3n) is 14.5. The van der Waals surface area contributed by atoms with Crippen LogP contribution in [0.15, 0.2) is 65.0 Å². The predicted octanol–water partition coefficient (Wildman–Crippen LogP) is 9.09. The number of likely N-dealkylation sites (tertiary alicyclic amines) is 2. The second-order valence-corrected chi connectivity index (χ2v) is 22.2. The maximum atomic E-state index is 14.0. The van der Waals surface area contributed by atoms with Gasteiger partial charge in [-0.25, -0.2) is 9.97 Å². The van der Waals surface area contributed by atoms with Crippen molar-refractivity contribution in [3.8, 4) is 21.6 Å². The number of alkyl halides is 3. The molecule has 75 heavy (non-hydrogen) atoms. The van der Waals surface area contributed by atoms with Crippen LogP contribution in [0.2, 0.25) is 0 Å². The fourth-order valence-corrected chi connectivity index (χ4v) is 11.1. The maximum absolute atomic E-state index is 14.0. The first-order chi connectivity index (χ1) is 35.7. The second-order valence-electron chi connectivity index (χ2n) is 21.4. The molecule has 4 amide bonds. The number of halogens is 3. The molecule has 5 heterocycles. The van der Waals surface area contributed by atoms with Gasteiger partial charge in [-0.15, -0.1) is 24.5 Å². The molecular formula is C56H73F3N8O7S. The minimum absolute atomic E-state index is 0.00888. The van der Waals surface area contributed by atoms with Gasteiger partial charge in [0.15, 0.2) is 0 Å². The number of hydrogen-bond acceptors (Lipinski definition) is 10. The molecule has 3 atom stereocenters. The van der Waals surface area contributed by atoms with Gasteiger partial charge in [-0.2, -0.15) is 0 Å². The van der Waals surface area contributed by atoms with Crippen molar-refractivity contribution in [2.24, 2.45) is 12.5 Å². The molecule has 3 aromatic heterocycles. The van der Waals surface area contributed by atoms with Gasteiger partial charge in [-0.05, 0) is 85.4 Å². The zero-order chi connectivity index (χ0) is 54.0. The van der Waals surface area contributed by atoms with Crippen LogP contribution in [-0.2, 0) is 44.1 Å². The number of thiazole rings is 1. The second kappa shape index (κ2) is 25.3. The highest BCUT2D eigenvalue weighted by atomic mass is 32.1. The van der Waals surface area contributed by atoms with E-state index in [1.165, 1.54) is 9.47 Å². The molecule has 0 aliphatic carbocycles. The van der Waals surface area contributed by atoms with E-state index >= 15 is 0 Å². The number of imidazole rings is 1. The van der Waals surface area contributed by atoms with Crippen molar-refractivity contribution < 1.29 is 42.2 Å². The fraction of sp³-hybridized carbons (Fsp3) is 0.554. The number of aliphatic hydroxyl groups is 1. The van der Waals surface area contributed by atoms with Gasteiger partial charge >= 0.3 is 6.36 Å². The normalized spacial score (nSPS) is 16.9. The van der Waals surface area contributed by atoms with Crippen molar-refractivity contribution in [1.82, 2.24) is 39.5 Å². The molecule has 0 saturated carbocycles. The zero-order valence-electron chi connectivity index (χ0n) is 44.1. The Morgan fingerprint density at radius 3 is 2.16 bits per heavy atom. The summed E-state index contributed by atoms with van der Waals surface area (Å²) in [5.74, 6) is -0.243. The van der Waals surface area contributed by atoms with Crippen LogP contribution in [0.1, 0.15) is 133 Å². The number of unbranched alkanes of at least 4 members (excludes halogenated alkanes) is 7. The molecule has 0 radical (unpaired) electrons. The van der Waals surface area contributed by atoms with E-state index in [1.54, 1.807) is 37.6 Å². The Morgan fingerprint density at radius 2 is 1.53 bits per heavy atom. The highest BCUT2D eigenvalue weighted by molar-refractivity contribution is 7.13. The smallest absolute Gasteiger partial charge is 0.391 e. The zero-order valence-corrected chi connectivity index (χ0v) is 45.0. The molecule has 2 aromatic carbocycles. The van der Waals surface area contributed by atoms with Crippen LogP contribution in [0.25, 0.3) is 32.6 Å². The summed E-state index contributed by atoms with van der Waals surface area (Å²) in [6.07, 6.45) is 5.44. The SMILES string of the molecule is Cc1ncsc1-c1ccc(CNC(=O)[C@@H]2C[C@@H](O)CN2C(=O)[C@H](NC(=O)CCCCCCCCCCC(=O)N2CCC(c3nc4ccc(-c5cc(C)c(=O)n(C)c5)cc4n3CCOC(F)(F)F)CC2)C(C)(C)C)cc1. The number of amides is 4. The quantitative estimate of drug-likeness (QED) is 0.0570. The van der Waals surface area contributed by atoms with E-state index in [9.17, 15) is 42.3 Å². The number of piperidine rings is 1. The average molecular weight is 1060 g/mol. The number of pyridine rings is 1. The molecule has 2 aliphatic heterocycles. The van der Waals surface area contributed by atoms with Gasteiger partial charge in [0.05, 0.1) is 39.8 Å². The molecule has 7 rings (SSSR count). The van der Waals surface area contributed by atoms with Crippen LogP contribution in [0.4, 0.5) is 13.2 Å². The molecule has 2 saturated heterocycles. The number of hydrogen-bond donors (Lipinski definition) is 3. The number of carbonyl (C=O) groups excluding carboxylic acids is 4. The van der Waals surface area contributed by atoms with Crippen molar-refractivity contribution in [2.75, 3.05) is 26.2 Å². The maximum Gasteiger partial charge on any atom is 0.522 e. The van der Waals surface area contributed by atoms with E-state index in [-0.39, 0.29) is 67.6 Å². The standard InChI is InChI=1S/C56H73F3N8O7S/c1-36-29-42(33-64(6)53(36)72)41-21-22-44-45(30-41)66(27-28-74-56(57,58)59)51(62-44)40-23-25-65(26-24-40)48(70)16-14-12-10-8-7-9-11-13-15-47(69)63-50(55(3,4)5)54(73)67-34-43(68)31-46(67)52(71)60-32-38-17-19-39(20-18-38)49-37(2)61-35-75-49/h17-22,29-30,33,35,40,43,46,50,68H,7-16,23-28,31-32,34H2,1-6H3,(H,60,71)(H,63,69)/t43-,46+,50+/m1/s1. The van der Waals surface area contributed by atoms with E-state index in [0.29, 0.717) is 61.2 Å². The minimum Gasteiger partial charge on any atom is -0.391 e. The number of aliphatic hydroxyl groups excluding tert-OH is 1. The number of nitrogens with zero attached hydrogens (tertiary/aromatic N) is 6. The number of β-amino-alcohol motifs (C(OH)–C–C–N with tert-alkyl or cyclic N) is 1. The van der Waals surface area contributed by atoms with Gasteiger partial charge in [0, 0.05) is 76.7 Å². The summed E-state index contributed by atoms with van der Waals surface area (Å²) in [5.41, 5.74) is 7.50. The first-order valence-electron chi connectivity index (χ1n) is 26.4. The van der Waals surface area contributed by atoms with Crippen LogP contribution < -0.4 is 16.2 Å². The highest BCUT2D eigenvalue weighted by Crippen LogP contribution is 2.34. The largest absolute Gasteiger partial charge is 0.522 e. The number of aromatic nitrogens is 4. The number of aryl methyl sites for hydroxylation is 3. The third kappa shape index (κ3) is 15.1. The number of fused-ring (bicyclic) bond motifs is 1. The molecule has 0 spiro atoms. The van der Waals surface area contributed by atoms with Crippen LogP contribution in [-0.4, -0.2) is 108 Å². The summed E-state index contributed by atoms with van der Waals surface area (Å²) in [4.78, 5) is 79.9. The van der Waals surface area contributed by atoms with E-state index in [0.717, 1.165) is 77.8 Å². The first kappa shape index (κ1) is 56.8. The molecule has 3 N–H and O–H groups in total. The number of ether oxygens (including phenoxy) is 1. The summed E-state index contributed by atoms with van der Waals surface area (Å²) in [7, 11) is 1.68. The molecule has 15 nitrogen and oxygen atoms in total. The molecule has 2 aliphatic rings. The molecule has 406 valence electrons. The average Bonchev–Trinajstić information content (AvgIpc) is 4.09.